The first kappa shape index (κ1) is 23.3. The summed E-state index contributed by atoms with van der Waals surface area (Å²) in [4.78, 5) is 23.4. The Kier molecular flexibility index (Phi) is 6.55. The van der Waals surface area contributed by atoms with Crippen molar-refractivity contribution in [3.05, 3.63) is 63.7 Å². The number of amides is 1. The lowest BCUT2D eigenvalue weighted by Gasteiger charge is -2.29. The van der Waals surface area contributed by atoms with Gasteiger partial charge in [-0.15, -0.1) is 10.2 Å². The van der Waals surface area contributed by atoms with Gasteiger partial charge in [0.1, 0.15) is 11.0 Å². The maximum absolute atomic E-state index is 12.9. The van der Waals surface area contributed by atoms with Gasteiger partial charge >= 0.3 is 0 Å². The molecule has 168 valence electrons. The zero-order valence-electron chi connectivity index (χ0n) is 17.8. The number of aromatic nitrogens is 2. The molecule has 0 fully saturated rings. The molecule has 32 heavy (non-hydrogen) atoms. The maximum atomic E-state index is 12.9. The zero-order valence-corrected chi connectivity index (χ0v) is 19.4. The molecule has 0 saturated heterocycles. The first-order valence-corrected chi connectivity index (χ1v) is 12.1. The number of nitro benzene ring substituents is 1. The smallest absolute Gasteiger partial charge is 0.271 e. The molecule has 0 radical (unpaired) electrons. The molecule has 12 heteroatoms. The van der Waals surface area contributed by atoms with E-state index >= 15 is 0 Å². The predicted molar refractivity (Wildman–Crippen MR) is 123 cm³/mol. The largest absolute Gasteiger partial charge is 0.299 e. The third kappa shape index (κ3) is 5.08. The highest BCUT2D eigenvalue weighted by Crippen LogP contribution is 2.30. The van der Waals surface area contributed by atoms with E-state index in [1.807, 2.05) is 31.2 Å². The minimum absolute atomic E-state index is 0.0574. The number of hydrogen-bond donors (Lipinski definition) is 1. The average molecular weight is 476 g/mol. The van der Waals surface area contributed by atoms with Crippen molar-refractivity contribution in [2.75, 3.05) is 15.9 Å². The van der Waals surface area contributed by atoms with Crippen LogP contribution in [0.25, 0.3) is 10.6 Å². The molecule has 0 unspecified atom stereocenters. The van der Waals surface area contributed by atoms with Gasteiger partial charge in [0.05, 0.1) is 16.9 Å². The van der Waals surface area contributed by atoms with Gasteiger partial charge < -0.3 is 0 Å². The van der Waals surface area contributed by atoms with Gasteiger partial charge in [0.25, 0.3) is 5.69 Å². The number of carbonyl (C=O) groups excluding carboxylic acids is 1. The number of nitrogens with one attached hydrogen (secondary N) is 1. The fourth-order valence-corrected chi connectivity index (χ4v) is 5.00. The summed E-state index contributed by atoms with van der Waals surface area (Å²) >= 11 is 1.15. The number of non-ortho nitro benzene ring substituents is 1. The second-order valence-electron chi connectivity index (χ2n) is 7.23. The minimum Gasteiger partial charge on any atom is -0.299 e. The molecule has 1 atom stereocenters. The summed E-state index contributed by atoms with van der Waals surface area (Å²) in [6.07, 6.45) is 0.940. The number of nitrogens with zero attached hydrogens (tertiary/aromatic N) is 4. The van der Waals surface area contributed by atoms with Crippen LogP contribution >= 0.6 is 11.3 Å². The summed E-state index contributed by atoms with van der Waals surface area (Å²) in [5, 5.41) is 22.6. The van der Waals surface area contributed by atoms with Gasteiger partial charge in [-0.1, -0.05) is 47.2 Å². The fraction of sp³-hybridized carbons (Fsp3) is 0.250. The second-order valence-corrected chi connectivity index (χ2v) is 10.1. The van der Waals surface area contributed by atoms with E-state index in [1.165, 1.54) is 19.1 Å². The van der Waals surface area contributed by atoms with Crippen LogP contribution in [0.4, 0.5) is 16.5 Å². The topological polar surface area (TPSA) is 135 Å². The Morgan fingerprint density at radius 3 is 2.41 bits per heavy atom. The molecule has 3 rings (SSSR count). The Hall–Kier alpha value is -3.38. The summed E-state index contributed by atoms with van der Waals surface area (Å²) in [5.74, 6) is -0.645. The number of carbonyl (C=O) groups is 1. The van der Waals surface area contributed by atoms with E-state index in [0.29, 0.717) is 10.6 Å². The van der Waals surface area contributed by atoms with E-state index in [4.69, 9.17) is 0 Å². The lowest BCUT2D eigenvalue weighted by Crippen LogP contribution is -2.45. The number of aryl methyl sites for hydroxylation is 2. The van der Waals surface area contributed by atoms with Crippen molar-refractivity contribution in [1.29, 1.82) is 0 Å². The van der Waals surface area contributed by atoms with Crippen LogP contribution in [0, 0.1) is 24.0 Å². The third-order valence-corrected chi connectivity index (χ3v) is 6.80. The molecule has 1 heterocycles. The summed E-state index contributed by atoms with van der Waals surface area (Å²) < 4.78 is 25.9. The zero-order chi connectivity index (χ0) is 23.6. The molecule has 3 aromatic rings. The Balaban J connectivity index is 1.88. The number of benzene rings is 2. The summed E-state index contributed by atoms with van der Waals surface area (Å²) in [6, 6.07) is 10.3. The van der Waals surface area contributed by atoms with Crippen LogP contribution in [-0.4, -0.2) is 41.7 Å². The second kappa shape index (κ2) is 9.01. The van der Waals surface area contributed by atoms with E-state index in [-0.39, 0.29) is 16.5 Å². The Morgan fingerprint density at radius 1 is 1.16 bits per heavy atom. The maximum Gasteiger partial charge on any atom is 0.271 e. The molecule has 0 aliphatic heterocycles. The molecule has 1 N–H and O–H groups in total. The van der Waals surface area contributed by atoms with Crippen molar-refractivity contribution in [3.63, 3.8) is 0 Å². The first-order chi connectivity index (χ1) is 15.0. The van der Waals surface area contributed by atoms with Crippen LogP contribution in [0.15, 0.2) is 42.5 Å². The molecule has 0 aliphatic carbocycles. The van der Waals surface area contributed by atoms with Crippen LogP contribution in [-0.2, 0) is 14.8 Å². The highest BCUT2D eigenvalue weighted by molar-refractivity contribution is 7.92. The highest BCUT2D eigenvalue weighted by atomic mass is 32.2. The SMILES string of the molecule is Cc1ccc(-c2nnc(NC(=O)[C@H](C)N(c3cc([N+](=O)[O-])ccc3C)S(C)(=O)=O)s2)cc1. The molecular formula is C20H21N5O5S2. The van der Waals surface area contributed by atoms with Gasteiger partial charge in [-0.25, -0.2) is 8.42 Å². The van der Waals surface area contributed by atoms with E-state index in [1.54, 1.807) is 6.92 Å². The van der Waals surface area contributed by atoms with Gasteiger partial charge in [0.2, 0.25) is 21.1 Å². The van der Waals surface area contributed by atoms with Crippen molar-refractivity contribution in [3.8, 4) is 10.6 Å². The standard InChI is InChI=1S/C20H21N5O5S2/c1-12-5-8-15(9-6-12)19-22-23-20(31-19)21-18(26)14(3)24(32(4,29)30)17-11-16(25(27)28)10-7-13(17)2/h5-11,14H,1-4H3,(H,21,23,26)/t14-/m0/s1. The number of anilines is 2. The normalized spacial score (nSPS) is 12.2. The van der Waals surface area contributed by atoms with Crippen LogP contribution < -0.4 is 9.62 Å². The lowest BCUT2D eigenvalue weighted by molar-refractivity contribution is -0.384. The van der Waals surface area contributed by atoms with Gasteiger partial charge in [-0.3, -0.25) is 24.5 Å². The molecule has 0 bridgehead atoms. The molecule has 2 aromatic carbocycles. The molecule has 0 aliphatic rings. The van der Waals surface area contributed by atoms with Crippen LogP contribution in [0.2, 0.25) is 0 Å². The molecule has 1 aromatic heterocycles. The van der Waals surface area contributed by atoms with Gasteiger partial charge in [0, 0.05) is 17.7 Å². The number of sulfonamides is 1. The van der Waals surface area contributed by atoms with Crippen LogP contribution in [0.1, 0.15) is 18.1 Å². The van der Waals surface area contributed by atoms with Gasteiger partial charge in [-0.05, 0) is 26.3 Å². The fourth-order valence-electron chi connectivity index (χ4n) is 3.03. The van der Waals surface area contributed by atoms with E-state index in [9.17, 15) is 23.3 Å². The molecule has 10 nitrogen and oxygen atoms in total. The number of rotatable bonds is 7. The van der Waals surface area contributed by atoms with Crippen molar-refractivity contribution < 1.29 is 18.1 Å². The minimum atomic E-state index is -3.94. The Morgan fingerprint density at radius 2 is 1.81 bits per heavy atom. The summed E-state index contributed by atoms with van der Waals surface area (Å²) in [6.45, 7) is 4.98. The quantitative estimate of drug-likeness (QED) is 0.408. The van der Waals surface area contributed by atoms with Crippen molar-refractivity contribution in [2.24, 2.45) is 0 Å². The van der Waals surface area contributed by atoms with E-state index in [0.717, 1.165) is 39.1 Å². The monoisotopic (exact) mass is 475 g/mol. The molecule has 0 spiro atoms. The molecule has 0 saturated carbocycles. The third-order valence-electron chi connectivity index (χ3n) is 4.68. The van der Waals surface area contributed by atoms with Crippen LogP contribution in [0.5, 0.6) is 0 Å². The predicted octanol–water partition coefficient (Wildman–Crippen LogP) is 3.52. The van der Waals surface area contributed by atoms with E-state index in [2.05, 4.69) is 15.5 Å². The van der Waals surface area contributed by atoms with E-state index < -0.39 is 26.9 Å². The Bertz CT molecular complexity index is 1270. The first-order valence-electron chi connectivity index (χ1n) is 9.43. The van der Waals surface area contributed by atoms with Gasteiger partial charge in [0.15, 0.2) is 0 Å². The number of nitro groups is 1. The summed E-state index contributed by atoms with van der Waals surface area (Å²) in [5.41, 5.74) is 2.18. The Labute approximate surface area is 189 Å². The average Bonchev–Trinajstić information content (AvgIpc) is 3.17. The van der Waals surface area contributed by atoms with Crippen molar-refractivity contribution >= 4 is 43.8 Å². The molecule has 1 amide bonds. The molecular weight excluding hydrogens is 454 g/mol. The van der Waals surface area contributed by atoms with Crippen molar-refractivity contribution in [2.45, 2.75) is 26.8 Å². The van der Waals surface area contributed by atoms with Gasteiger partial charge in [-0.2, -0.15) is 0 Å². The lowest BCUT2D eigenvalue weighted by atomic mass is 10.1. The van der Waals surface area contributed by atoms with Crippen LogP contribution in [0.3, 0.4) is 0 Å². The highest BCUT2D eigenvalue weighted by Gasteiger charge is 2.31. The van der Waals surface area contributed by atoms with Crippen molar-refractivity contribution in [1.82, 2.24) is 10.2 Å². The summed E-state index contributed by atoms with van der Waals surface area (Å²) in [7, 11) is -3.94. The number of hydrogen-bond acceptors (Lipinski definition) is 8.